The molecule has 1 aliphatic carbocycles. The summed E-state index contributed by atoms with van der Waals surface area (Å²) >= 11 is 7.48. The maximum absolute atomic E-state index is 13.0. The van der Waals surface area contributed by atoms with E-state index in [-0.39, 0.29) is 16.1 Å². The predicted molar refractivity (Wildman–Crippen MR) is 117 cm³/mol. The smallest absolute Gasteiger partial charge is 0.282 e. The molecular weight excluding hydrogens is 438 g/mol. The highest BCUT2D eigenvalue weighted by atomic mass is 35.5. The Balaban J connectivity index is 1.46. The molecule has 0 aliphatic heterocycles. The number of carboxylic acids is 1. The van der Waals surface area contributed by atoms with Gasteiger partial charge >= 0.3 is 0 Å². The number of fused-ring (bicyclic) bond motifs is 3. The molecule has 31 heavy (non-hydrogen) atoms. The molecule has 1 aliphatic rings. The highest BCUT2D eigenvalue weighted by Gasteiger charge is 2.19. The Kier molecular flexibility index (Phi) is 4.95. The first kappa shape index (κ1) is 19.7. The van der Waals surface area contributed by atoms with Crippen LogP contribution in [0.1, 0.15) is 39.4 Å². The number of hydrogen-bond acceptors (Lipinski definition) is 7. The molecule has 4 aromatic rings. The molecule has 0 saturated carbocycles. The van der Waals surface area contributed by atoms with Gasteiger partial charge in [0.05, 0.1) is 17.6 Å². The largest absolute Gasteiger partial charge is 0.545 e. The van der Waals surface area contributed by atoms with Crippen molar-refractivity contribution < 1.29 is 14.3 Å². The lowest BCUT2D eigenvalue weighted by molar-refractivity contribution is -0.255. The van der Waals surface area contributed by atoms with E-state index in [0.29, 0.717) is 22.5 Å². The molecule has 0 unspecified atom stereocenters. The Hall–Kier alpha value is -3.23. The van der Waals surface area contributed by atoms with Gasteiger partial charge < -0.3 is 14.3 Å². The van der Waals surface area contributed by atoms with Crippen LogP contribution in [0.2, 0.25) is 5.02 Å². The maximum atomic E-state index is 13.0. The van der Waals surface area contributed by atoms with Crippen molar-refractivity contribution in [2.75, 3.05) is 0 Å². The number of aromatic carboxylic acids is 1. The first-order valence-corrected chi connectivity index (χ1v) is 10.9. The number of nitrogens with zero attached hydrogens (tertiary/aromatic N) is 3. The van der Waals surface area contributed by atoms with Gasteiger partial charge in [0.25, 0.3) is 5.56 Å². The number of hydrogen-bond donors (Lipinski definition) is 0. The number of carbonyl (C=O) groups excluding carboxylic acids is 1. The summed E-state index contributed by atoms with van der Waals surface area (Å²) in [5.74, 6) is -0.522. The van der Waals surface area contributed by atoms with Crippen molar-refractivity contribution in [1.82, 2.24) is 9.66 Å². The van der Waals surface area contributed by atoms with Gasteiger partial charge in [-0.15, -0.1) is 11.3 Å². The van der Waals surface area contributed by atoms with Crippen LogP contribution in [0.25, 0.3) is 21.5 Å². The monoisotopic (exact) mass is 452 g/mol. The van der Waals surface area contributed by atoms with Crippen LogP contribution in [-0.2, 0) is 12.8 Å². The second kappa shape index (κ2) is 7.79. The van der Waals surface area contributed by atoms with Crippen LogP contribution in [0, 0.1) is 0 Å². The Morgan fingerprint density at radius 2 is 2.10 bits per heavy atom. The number of benzene rings is 1. The van der Waals surface area contributed by atoms with Gasteiger partial charge in [-0.1, -0.05) is 11.6 Å². The zero-order valence-electron chi connectivity index (χ0n) is 16.1. The molecule has 0 N–H and O–H groups in total. The third kappa shape index (κ3) is 3.58. The fourth-order valence-corrected chi connectivity index (χ4v) is 5.16. The SMILES string of the molecule is O=C([O-])c1cc(-c2ccc(/C=N\n3cnc4sc5c(c4c3=O)CCCC5)o2)ccc1Cl. The molecule has 7 nitrogen and oxygen atoms in total. The summed E-state index contributed by atoms with van der Waals surface area (Å²) in [6.07, 6.45) is 6.96. The van der Waals surface area contributed by atoms with E-state index in [1.54, 1.807) is 29.5 Å². The van der Waals surface area contributed by atoms with Gasteiger partial charge in [-0.2, -0.15) is 9.78 Å². The van der Waals surface area contributed by atoms with Gasteiger partial charge in [0.1, 0.15) is 22.7 Å². The summed E-state index contributed by atoms with van der Waals surface area (Å²) < 4.78 is 6.94. The molecule has 0 amide bonds. The van der Waals surface area contributed by atoms with Gasteiger partial charge in [-0.3, -0.25) is 4.79 Å². The van der Waals surface area contributed by atoms with Crippen LogP contribution in [0.4, 0.5) is 0 Å². The number of carboxylic acid groups (broad SMARTS) is 1. The lowest BCUT2D eigenvalue weighted by Crippen LogP contribution is -2.22. The van der Waals surface area contributed by atoms with E-state index in [9.17, 15) is 14.7 Å². The quantitative estimate of drug-likeness (QED) is 0.441. The summed E-state index contributed by atoms with van der Waals surface area (Å²) in [5, 5.41) is 16.2. The number of rotatable bonds is 4. The minimum atomic E-state index is -1.36. The average molecular weight is 453 g/mol. The molecular formula is C22H15ClN3O4S-. The van der Waals surface area contributed by atoms with E-state index in [0.717, 1.165) is 36.1 Å². The Morgan fingerprint density at radius 1 is 1.26 bits per heavy atom. The first-order valence-electron chi connectivity index (χ1n) is 9.68. The lowest BCUT2D eigenvalue weighted by atomic mass is 9.97. The van der Waals surface area contributed by atoms with Crippen molar-refractivity contribution in [3.05, 3.63) is 73.8 Å². The van der Waals surface area contributed by atoms with Crippen molar-refractivity contribution in [2.45, 2.75) is 25.7 Å². The summed E-state index contributed by atoms with van der Waals surface area (Å²) in [6.45, 7) is 0. The highest BCUT2D eigenvalue weighted by molar-refractivity contribution is 7.18. The first-order chi connectivity index (χ1) is 15.0. The molecule has 3 aromatic heterocycles. The van der Waals surface area contributed by atoms with E-state index in [2.05, 4.69) is 10.1 Å². The Labute approximate surface area is 185 Å². The number of aromatic nitrogens is 2. The predicted octanol–water partition coefficient (Wildman–Crippen LogP) is 3.50. The van der Waals surface area contributed by atoms with E-state index in [1.807, 2.05) is 0 Å². The van der Waals surface area contributed by atoms with Crippen molar-refractivity contribution in [1.29, 1.82) is 0 Å². The van der Waals surface area contributed by atoms with Gasteiger partial charge in [0, 0.05) is 21.0 Å². The third-order valence-electron chi connectivity index (χ3n) is 5.27. The molecule has 1 aromatic carbocycles. The van der Waals surface area contributed by atoms with E-state index in [1.165, 1.54) is 34.2 Å². The number of carbonyl (C=O) groups is 1. The van der Waals surface area contributed by atoms with Crippen LogP contribution < -0.4 is 10.7 Å². The lowest BCUT2D eigenvalue weighted by Gasteiger charge is -2.09. The van der Waals surface area contributed by atoms with E-state index >= 15 is 0 Å². The van der Waals surface area contributed by atoms with Gasteiger partial charge in [0.15, 0.2) is 0 Å². The van der Waals surface area contributed by atoms with Crippen LogP contribution in [0.3, 0.4) is 0 Å². The fourth-order valence-electron chi connectivity index (χ4n) is 3.75. The van der Waals surface area contributed by atoms with Gasteiger partial charge in [-0.25, -0.2) is 4.98 Å². The Bertz CT molecular complexity index is 1420. The van der Waals surface area contributed by atoms with Crippen molar-refractivity contribution in [2.24, 2.45) is 5.10 Å². The summed E-state index contributed by atoms with van der Waals surface area (Å²) in [4.78, 5) is 30.6. The third-order valence-corrected chi connectivity index (χ3v) is 6.80. The molecule has 0 atom stereocenters. The van der Waals surface area contributed by atoms with Crippen LogP contribution in [-0.4, -0.2) is 21.8 Å². The zero-order chi connectivity index (χ0) is 21.5. The molecule has 5 rings (SSSR count). The molecule has 3 heterocycles. The second-order valence-corrected chi connectivity index (χ2v) is 8.70. The molecule has 0 saturated heterocycles. The molecule has 0 spiro atoms. The average Bonchev–Trinajstić information content (AvgIpc) is 3.38. The standard InChI is InChI=1S/C22H16ClN3O4S/c23-16-7-5-12(9-15(16)22(28)29)17-8-6-13(30-17)10-25-26-11-24-20-19(21(26)27)14-3-1-2-4-18(14)31-20/h5-11H,1-4H2,(H,28,29)/p-1/b25-10-. The molecule has 0 radical (unpaired) electrons. The van der Waals surface area contributed by atoms with Gasteiger partial charge in [-0.05, 0) is 61.6 Å². The Morgan fingerprint density at radius 3 is 2.94 bits per heavy atom. The van der Waals surface area contributed by atoms with Crippen molar-refractivity contribution in [3.63, 3.8) is 0 Å². The minimum Gasteiger partial charge on any atom is -0.545 e. The number of halogens is 1. The van der Waals surface area contributed by atoms with Crippen LogP contribution >= 0.6 is 22.9 Å². The molecule has 0 bridgehead atoms. The van der Waals surface area contributed by atoms with E-state index in [4.69, 9.17) is 16.0 Å². The number of thiophene rings is 1. The normalized spacial score (nSPS) is 13.7. The topological polar surface area (TPSA) is 101 Å². The fraction of sp³-hybridized carbons (Fsp3) is 0.182. The van der Waals surface area contributed by atoms with E-state index < -0.39 is 5.97 Å². The van der Waals surface area contributed by atoms with Gasteiger partial charge in [0.2, 0.25) is 0 Å². The summed E-state index contributed by atoms with van der Waals surface area (Å²) in [6, 6.07) is 7.87. The highest BCUT2D eigenvalue weighted by Crippen LogP contribution is 2.33. The molecule has 0 fully saturated rings. The summed E-state index contributed by atoms with van der Waals surface area (Å²) in [7, 11) is 0. The second-order valence-electron chi connectivity index (χ2n) is 7.21. The van der Waals surface area contributed by atoms with Crippen LogP contribution in [0.15, 0.2) is 51.0 Å². The minimum absolute atomic E-state index is 0.0926. The maximum Gasteiger partial charge on any atom is 0.282 e. The van der Waals surface area contributed by atoms with Crippen LogP contribution in [0.5, 0.6) is 0 Å². The molecule has 156 valence electrons. The number of aryl methyl sites for hydroxylation is 2. The van der Waals surface area contributed by atoms with Crippen molar-refractivity contribution in [3.8, 4) is 11.3 Å². The van der Waals surface area contributed by atoms with Crippen molar-refractivity contribution >= 4 is 45.3 Å². The zero-order valence-corrected chi connectivity index (χ0v) is 17.7. The summed E-state index contributed by atoms with van der Waals surface area (Å²) in [5.41, 5.74) is 1.34. The number of furan rings is 1. The molecule has 9 heteroatoms.